The van der Waals surface area contributed by atoms with E-state index in [0.29, 0.717) is 10.4 Å². The molecule has 3 aromatic rings. The Bertz CT molecular complexity index is 1280. The fourth-order valence-corrected chi connectivity index (χ4v) is 6.22. The van der Waals surface area contributed by atoms with Crippen molar-refractivity contribution >= 4 is 50.5 Å². The number of rotatable bonds is 5. The first-order chi connectivity index (χ1) is 17.4. The van der Waals surface area contributed by atoms with Crippen molar-refractivity contribution < 1.29 is 18.7 Å². The topological polar surface area (TPSA) is 76.5 Å². The Hall–Kier alpha value is -2.94. The average Bonchev–Trinajstić information content (AvgIpc) is 3.50. The highest BCUT2D eigenvalue weighted by Crippen LogP contribution is 2.38. The van der Waals surface area contributed by atoms with Crippen LogP contribution in [0.25, 0.3) is 11.0 Å². The van der Waals surface area contributed by atoms with Gasteiger partial charge in [0.05, 0.1) is 29.6 Å². The van der Waals surface area contributed by atoms with Crippen LogP contribution in [0.3, 0.4) is 0 Å². The molecule has 0 radical (unpaired) electrons. The van der Waals surface area contributed by atoms with Crippen LogP contribution in [0.4, 0.5) is 16.0 Å². The SMILES string of the molecule is COC(=O)C1CCN(c2ccc3nc(NC(=O)c4c(F)cccc4Br)n(C4CCCC4)c3c2)[C@H](C)C1. The highest BCUT2D eigenvalue weighted by Gasteiger charge is 2.31. The number of fused-ring (bicyclic) bond motifs is 1. The molecule has 2 fully saturated rings. The predicted octanol–water partition coefficient (Wildman–Crippen LogP) is 6.08. The molecule has 0 bridgehead atoms. The maximum absolute atomic E-state index is 14.5. The molecular formula is C27H30BrFN4O3. The lowest BCUT2D eigenvalue weighted by molar-refractivity contribution is -0.146. The van der Waals surface area contributed by atoms with Crippen molar-refractivity contribution in [1.82, 2.24) is 9.55 Å². The van der Waals surface area contributed by atoms with Gasteiger partial charge in [0.1, 0.15) is 5.82 Å². The van der Waals surface area contributed by atoms with Crippen molar-refractivity contribution in [2.45, 2.75) is 57.5 Å². The number of anilines is 2. The molecule has 1 aliphatic heterocycles. The number of carbonyl (C=O) groups excluding carboxylic acids is 2. The van der Waals surface area contributed by atoms with E-state index in [-0.39, 0.29) is 29.5 Å². The van der Waals surface area contributed by atoms with Gasteiger partial charge in [-0.15, -0.1) is 0 Å². The van der Waals surface area contributed by atoms with E-state index in [2.05, 4.69) is 43.7 Å². The van der Waals surface area contributed by atoms with Gasteiger partial charge in [0.25, 0.3) is 5.91 Å². The summed E-state index contributed by atoms with van der Waals surface area (Å²) < 4.78 is 21.9. The van der Waals surface area contributed by atoms with Crippen molar-refractivity contribution in [1.29, 1.82) is 0 Å². The standard InChI is InChI=1S/C27H30BrFN4O3/c1-16-14-17(26(35)36-2)12-13-32(16)19-10-11-22-23(15-19)33(18-6-3-4-7-18)27(30-22)31-25(34)24-20(28)8-5-9-21(24)29/h5,8-11,15-18H,3-4,6-7,12-14H2,1-2H3,(H,30,31,34)/t16-,17?/m1/s1. The summed E-state index contributed by atoms with van der Waals surface area (Å²) in [6.45, 7) is 2.89. The Morgan fingerprint density at radius 2 is 1.94 bits per heavy atom. The van der Waals surface area contributed by atoms with Crippen molar-refractivity contribution in [2.75, 3.05) is 23.9 Å². The second-order valence-electron chi connectivity index (χ2n) is 9.75. The second-order valence-corrected chi connectivity index (χ2v) is 10.6. The summed E-state index contributed by atoms with van der Waals surface area (Å²) in [6.07, 6.45) is 5.73. The van der Waals surface area contributed by atoms with Gasteiger partial charge in [-0.3, -0.25) is 14.9 Å². The Balaban J connectivity index is 1.49. The van der Waals surface area contributed by atoms with E-state index in [1.165, 1.54) is 13.2 Å². The maximum atomic E-state index is 14.5. The molecular weight excluding hydrogens is 527 g/mol. The summed E-state index contributed by atoms with van der Waals surface area (Å²) in [7, 11) is 1.44. The number of ether oxygens (including phenoxy) is 1. The van der Waals surface area contributed by atoms with Crippen molar-refractivity contribution in [3.05, 3.63) is 52.3 Å². The quantitative estimate of drug-likeness (QED) is 0.385. The molecule has 1 unspecified atom stereocenters. The minimum atomic E-state index is -0.586. The number of halogens is 2. The highest BCUT2D eigenvalue weighted by molar-refractivity contribution is 9.10. The summed E-state index contributed by atoms with van der Waals surface area (Å²) >= 11 is 3.29. The van der Waals surface area contributed by atoms with Crippen molar-refractivity contribution in [2.24, 2.45) is 5.92 Å². The fraction of sp³-hybridized carbons (Fsp3) is 0.444. The van der Waals surface area contributed by atoms with Gasteiger partial charge in [-0.05, 0) is 78.9 Å². The number of hydrogen-bond donors (Lipinski definition) is 1. The van der Waals surface area contributed by atoms with Crippen LogP contribution in [-0.4, -0.2) is 41.1 Å². The zero-order valence-corrected chi connectivity index (χ0v) is 22.1. The molecule has 9 heteroatoms. The van der Waals surface area contributed by atoms with E-state index < -0.39 is 11.7 Å². The summed E-state index contributed by atoms with van der Waals surface area (Å²) in [4.78, 5) is 32.2. The Morgan fingerprint density at radius 3 is 2.64 bits per heavy atom. The number of nitrogens with one attached hydrogen (secondary N) is 1. The van der Waals surface area contributed by atoms with Gasteiger partial charge in [-0.2, -0.15) is 0 Å². The van der Waals surface area contributed by atoms with Gasteiger partial charge in [-0.25, -0.2) is 9.37 Å². The number of benzene rings is 2. The van der Waals surface area contributed by atoms with Gasteiger partial charge in [0.2, 0.25) is 5.95 Å². The minimum Gasteiger partial charge on any atom is -0.469 e. The van der Waals surface area contributed by atoms with E-state index in [9.17, 15) is 14.0 Å². The number of hydrogen-bond acceptors (Lipinski definition) is 5. The maximum Gasteiger partial charge on any atom is 0.308 e. The van der Waals surface area contributed by atoms with Crippen LogP contribution in [0.1, 0.15) is 61.8 Å². The van der Waals surface area contributed by atoms with Crippen LogP contribution in [-0.2, 0) is 9.53 Å². The molecule has 1 aliphatic carbocycles. The zero-order valence-electron chi connectivity index (χ0n) is 20.5. The minimum absolute atomic E-state index is 0.0366. The predicted molar refractivity (Wildman–Crippen MR) is 141 cm³/mol. The number of methoxy groups -OCH3 is 1. The van der Waals surface area contributed by atoms with E-state index in [4.69, 9.17) is 9.72 Å². The van der Waals surface area contributed by atoms with Gasteiger partial charge in [0.15, 0.2) is 0 Å². The first-order valence-corrected chi connectivity index (χ1v) is 13.3. The number of carbonyl (C=O) groups is 2. The molecule has 2 heterocycles. The van der Waals surface area contributed by atoms with Crippen LogP contribution in [0, 0.1) is 11.7 Å². The number of piperidine rings is 1. The Morgan fingerprint density at radius 1 is 1.17 bits per heavy atom. The van der Waals surface area contributed by atoms with E-state index in [1.54, 1.807) is 12.1 Å². The van der Waals surface area contributed by atoms with E-state index in [1.807, 2.05) is 12.1 Å². The third kappa shape index (κ3) is 4.61. The lowest BCUT2D eigenvalue weighted by atomic mass is 9.91. The summed E-state index contributed by atoms with van der Waals surface area (Å²) in [5.74, 6) is -0.899. The largest absolute Gasteiger partial charge is 0.469 e. The molecule has 0 spiro atoms. The normalized spacial score (nSPS) is 20.6. The highest BCUT2D eigenvalue weighted by atomic mass is 79.9. The van der Waals surface area contributed by atoms with Crippen molar-refractivity contribution in [3.63, 3.8) is 0 Å². The molecule has 2 aliphatic rings. The van der Waals surface area contributed by atoms with Crippen LogP contribution in [0.2, 0.25) is 0 Å². The first kappa shape index (κ1) is 24.7. The third-order valence-corrected chi connectivity index (χ3v) is 8.18. The molecule has 190 valence electrons. The van der Waals surface area contributed by atoms with Gasteiger partial charge in [-0.1, -0.05) is 18.9 Å². The molecule has 2 atom stereocenters. The number of esters is 1. The monoisotopic (exact) mass is 556 g/mol. The number of aromatic nitrogens is 2. The second kappa shape index (κ2) is 10.2. The average molecular weight is 557 g/mol. The van der Waals surface area contributed by atoms with Gasteiger partial charge in [0, 0.05) is 28.8 Å². The van der Waals surface area contributed by atoms with E-state index in [0.717, 1.165) is 61.8 Å². The number of amides is 1. The van der Waals surface area contributed by atoms with Crippen molar-refractivity contribution in [3.8, 4) is 0 Å². The molecule has 1 aromatic heterocycles. The van der Waals surface area contributed by atoms with Gasteiger partial charge < -0.3 is 14.2 Å². The number of imidazole rings is 1. The molecule has 2 aromatic carbocycles. The molecule has 1 amide bonds. The summed E-state index contributed by atoms with van der Waals surface area (Å²) in [5, 5.41) is 2.89. The molecule has 1 saturated heterocycles. The molecule has 36 heavy (non-hydrogen) atoms. The summed E-state index contributed by atoms with van der Waals surface area (Å²) in [5.41, 5.74) is 2.76. The summed E-state index contributed by atoms with van der Waals surface area (Å²) in [6, 6.07) is 11.0. The van der Waals surface area contributed by atoms with Gasteiger partial charge >= 0.3 is 5.97 Å². The van der Waals surface area contributed by atoms with Crippen LogP contribution < -0.4 is 10.2 Å². The first-order valence-electron chi connectivity index (χ1n) is 12.5. The molecule has 1 saturated carbocycles. The smallest absolute Gasteiger partial charge is 0.308 e. The van der Waals surface area contributed by atoms with Crippen LogP contribution in [0.5, 0.6) is 0 Å². The van der Waals surface area contributed by atoms with Crippen LogP contribution >= 0.6 is 15.9 Å². The molecule has 7 nitrogen and oxygen atoms in total. The molecule has 1 N–H and O–H groups in total. The third-order valence-electron chi connectivity index (χ3n) is 7.52. The van der Waals surface area contributed by atoms with Crippen LogP contribution in [0.15, 0.2) is 40.9 Å². The Labute approximate surface area is 218 Å². The van der Waals surface area contributed by atoms with E-state index >= 15 is 0 Å². The number of nitrogens with zero attached hydrogens (tertiary/aromatic N) is 3. The lowest BCUT2D eigenvalue weighted by Gasteiger charge is -2.38. The molecule has 5 rings (SSSR count). The lowest BCUT2D eigenvalue weighted by Crippen LogP contribution is -2.43. The zero-order chi connectivity index (χ0) is 25.4. The Kier molecular flexibility index (Phi) is 7.01. The fourth-order valence-electron chi connectivity index (χ4n) is 5.70.